The molecule has 0 N–H and O–H groups in total. The second-order valence-corrected chi connectivity index (χ2v) is 13.5. The molecule has 242 valence electrons. The molecule has 11 rings (SSSR count). The molecule has 9 aromatic rings. The van der Waals surface area contributed by atoms with Crippen LogP contribution in [0.2, 0.25) is 0 Å². The fourth-order valence-electron chi connectivity index (χ4n) is 8.39. The molecular weight excluding hydrogens is 635 g/mol. The van der Waals surface area contributed by atoms with E-state index >= 15 is 0 Å². The van der Waals surface area contributed by atoms with Crippen molar-refractivity contribution < 1.29 is 4.74 Å². The summed E-state index contributed by atoms with van der Waals surface area (Å²) in [6, 6.07) is 61.6. The maximum Gasteiger partial charge on any atom is 0.186 e. The maximum absolute atomic E-state index is 7.19. The zero-order chi connectivity index (χ0) is 34.2. The molecule has 0 fully saturated rings. The molecule has 1 aliphatic carbocycles. The number of hydrogen-bond donors (Lipinski definition) is 0. The van der Waals surface area contributed by atoms with E-state index in [4.69, 9.17) is 19.7 Å². The van der Waals surface area contributed by atoms with Gasteiger partial charge in [0.2, 0.25) is 0 Å². The summed E-state index contributed by atoms with van der Waals surface area (Å²) in [6.07, 6.45) is 0. The van der Waals surface area contributed by atoms with Crippen LogP contribution in [0.5, 0.6) is 5.75 Å². The molecule has 8 aromatic carbocycles. The van der Waals surface area contributed by atoms with Gasteiger partial charge in [-0.2, -0.15) is 0 Å². The average Bonchev–Trinajstić information content (AvgIpc) is 3.49. The first-order valence-corrected chi connectivity index (χ1v) is 17.6. The Kier molecular flexibility index (Phi) is 6.13. The second-order valence-electron chi connectivity index (χ2n) is 13.5. The molecule has 1 aromatic heterocycles. The van der Waals surface area contributed by atoms with E-state index in [0.717, 1.165) is 66.6 Å². The van der Waals surface area contributed by atoms with Crippen LogP contribution in [-0.2, 0) is 5.60 Å². The molecule has 0 saturated heterocycles. The van der Waals surface area contributed by atoms with E-state index < -0.39 is 5.60 Å². The van der Waals surface area contributed by atoms with Gasteiger partial charge in [0.05, 0.1) is 0 Å². The SMILES string of the molecule is c1ccc(-c2nc(-c3ccc4c(c3)-c3ccccc3C43Oc4ccccc4-c4ccccc43)nc(-c3cc4ccccc4c4ccccc34)n2)cc1. The van der Waals surface area contributed by atoms with Crippen LogP contribution in [0.15, 0.2) is 176 Å². The molecule has 0 saturated carbocycles. The summed E-state index contributed by atoms with van der Waals surface area (Å²) in [7, 11) is 0. The van der Waals surface area contributed by atoms with Gasteiger partial charge in [0.25, 0.3) is 0 Å². The van der Waals surface area contributed by atoms with Crippen LogP contribution in [-0.4, -0.2) is 15.0 Å². The van der Waals surface area contributed by atoms with Gasteiger partial charge in [-0.25, -0.2) is 15.0 Å². The monoisotopic (exact) mass is 663 g/mol. The lowest BCUT2D eigenvalue weighted by atomic mass is 9.78. The van der Waals surface area contributed by atoms with E-state index in [-0.39, 0.29) is 0 Å². The Balaban J connectivity index is 1.15. The molecule has 1 spiro atoms. The smallest absolute Gasteiger partial charge is 0.186 e. The Labute approximate surface area is 300 Å². The van der Waals surface area contributed by atoms with Crippen molar-refractivity contribution in [2.45, 2.75) is 5.60 Å². The van der Waals surface area contributed by atoms with Gasteiger partial charge in [0, 0.05) is 38.9 Å². The number of para-hydroxylation sites is 1. The van der Waals surface area contributed by atoms with Gasteiger partial charge in [-0.15, -0.1) is 0 Å². The van der Waals surface area contributed by atoms with Crippen molar-refractivity contribution in [1.29, 1.82) is 0 Å². The Morgan fingerprint density at radius 1 is 0.346 bits per heavy atom. The van der Waals surface area contributed by atoms with E-state index in [1.165, 1.54) is 16.3 Å². The zero-order valence-electron chi connectivity index (χ0n) is 28.0. The first-order valence-electron chi connectivity index (χ1n) is 17.6. The molecule has 0 bridgehead atoms. The third kappa shape index (κ3) is 4.12. The lowest BCUT2D eigenvalue weighted by Crippen LogP contribution is -2.36. The fourth-order valence-corrected chi connectivity index (χ4v) is 8.39. The summed E-state index contributed by atoms with van der Waals surface area (Å²) in [4.78, 5) is 15.5. The van der Waals surface area contributed by atoms with Gasteiger partial charge in [0.1, 0.15) is 5.75 Å². The quantitative estimate of drug-likeness (QED) is 0.177. The minimum atomic E-state index is -0.793. The Hall–Kier alpha value is -6.91. The number of aromatic nitrogens is 3. The molecule has 0 amide bonds. The number of fused-ring (bicyclic) bond motifs is 12. The van der Waals surface area contributed by atoms with E-state index in [1.807, 2.05) is 24.3 Å². The van der Waals surface area contributed by atoms with Crippen molar-refractivity contribution in [3.63, 3.8) is 0 Å². The Morgan fingerprint density at radius 2 is 0.904 bits per heavy atom. The zero-order valence-corrected chi connectivity index (χ0v) is 28.0. The van der Waals surface area contributed by atoms with Crippen LogP contribution in [0.1, 0.15) is 16.7 Å². The van der Waals surface area contributed by atoms with Crippen LogP contribution in [0.4, 0.5) is 0 Å². The standard InChI is InChI=1S/C48H29N3O/c1-2-14-30(15-3-1)45-49-46(51-47(50-45)40-28-31-16-4-5-17-33(31)34-18-6-7-19-35(34)40)32-26-27-43-39(29-32)37-21-9-12-24-42(37)48(43)41-23-11-8-20-36(41)38-22-10-13-25-44(38)52-48/h1-29H. The van der Waals surface area contributed by atoms with Crippen LogP contribution < -0.4 is 4.74 Å². The van der Waals surface area contributed by atoms with Crippen molar-refractivity contribution in [2.75, 3.05) is 0 Å². The van der Waals surface area contributed by atoms with Crippen molar-refractivity contribution in [3.8, 4) is 62.2 Å². The highest BCUT2D eigenvalue weighted by Gasteiger charge is 2.50. The van der Waals surface area contributed by atoms with E-state index in [9.17, 15) is 0 Å². The van der Waals surface area contributed by atoms with Crippen LogP contribution >= 0.6 is 0 Å². The summed E-state index contributed by atoms with van der Waals surface area (Å²) >= 11 is 0. The molecule has 2 heterocycles. The van der Waals surface area contributed by atoms with Gasteiger partial charge in [-0.05, 0) is 56.4 Å². The molecule has 4 nitrogen and oxygen atoms in total. The van der Waals surface area contributed by atoms with E-state index in [1.54, 1.807) is 0 Å². The largest absolute Gasteiger partial charge is 0.472 e. The number of nitrogens with zero attached hydrogens (tertiary/aromatic N) is 3. The minimum Gasteiger partial charge on any atom is -0.472 e. The first-order chi connectivity index (χ1) is 25.8. The van der Waals surface area contributed by atoms with Crippen molar-refractivity contribution in [2.24, 2.45) is 0 Å². The lowest BCUT2D eigenvalue weighted by molar-refractivity contribution is 0.157. The van der Waals surface area contributed by atoms with Crippen LogP contribution in [0.25, 0.3) is 78.0 Å². The second kappa shape index (κ2) is 11.0. The predicted octanol–water partition coefficient (Wildman–Crippen LogP) is 11.5. The van der Waals surface area contributed by atoms with Crippen molar-refractivity contribution in [3.05, 3.63) is 193 Å². The summed E-state index contributed by atoms with van der Waals surface area (Å²) in [5.74, 6) is 2.78. The molecule has 2 aliphatic rings. The Bertz CT molecular complexity index is 2900. The van der Waals surface area contributed by atoms with Gasteiger partial charge in [-0.1, -0.05) is 158 Å². The van der Waals surface area contributed by atoms with Crippen LogP contribution in [0, 0.1) is 0 Å². The summed E-state index contributed by atoms with van der Waals surface area (Å²) in [5, 5.41) is 4.64. The number of benzene rings is 8. The number of hydrogen-bond acceptors (Lipinski definition) is 4. The summed E-state index contributed by atoms with van der Waals surface area (Å²) in [5.41, 5.74) is 9.98. The van der Waals surface area contributed by atoms with Crippen molar-refractivity contribution in [1.82, 2.24) is 15.0 Å². The summed E-state index contributed by atoms with van der Waals surface area (Å²) in [6.45, 7) is 0. The molecule has 1 atom stereocenters. The van der Waals surface area contributed by atoms with Gasteiger partial charge >= 0.3 is 0 Å². The molecule has 4 heteroatoms. The fraction of sp³-hybridized carbons (Fsp3) is 0.0208. The van der Waals surface area contributed by atoms with Crippen LogP contribution in [0.3, 0.4) is 0 Å². The molecule has 52 heavy (non-hydrogen) atoms. The summed E-state index contributed by atoms with van der Waals surface area (Å²) < 4.78 is 7.19. The van der Waals surface area contributed by atoms with Crippen molar-refractivity contribution >= 4 is 21.5 Å². The highest BCUT2D eigenvalue weighted by Crippen LogP contribution is 2.58. The average molecular weight is 664 g/mol. The molecular formula is C48H29N3O. The topological polar surface area (TPSA) is 47.9 Å². The third-order valence-electron chi connectivity index (χ3n) is 10.7. The molecule has 1 aliphatic heterocycles. The minimum absolute atomic E-state index is 0.623. The molecule has 0 radical (unpaired) electrons. The normalized spacial score (nSPS) is 15.2. The predicted molar refractivity (Wildman–Crippen MR) is 209 cm³/mol. The van der Waals surface area contributed by atoms with E-state index in [2.05, 4.69) is 152 Å². The van der Waals surface area contributed by atoms with Gasteiger partial charge in [0.15, 0.2) is 23.1 Å². The highest BCUT2D eigenvalue weighted by molar-refractivity contribution is 6.13. The highest BCUT2D eigenvalue weighted by atomic mass is 16.5. The van der Waals surface area contributed by atoms with Gasteiger partial charge in [-0.3, -0.25) is 0 Å². The lowest BCUT2D eigenvalue weighted by Gasteiger charge is -2.39. The van der Waals surface area contributed by atoms with Gasteiger partial charge < -0.3 is 4.74 Å². The third-order valence-corrected chi connectivity index (χ3v) is 10.7. The maximum atomic E-state index is 7.19. The van der Waals surface area contributed by atoms with E-state index in [0.29, 0.717) is 17.5 Å². The number of ether oxygens (including phenoxy) is 1. The molecule has 1 unspecified atom stereocenters. The Morgan fingerprint density at radius 3 is 1.69 bits per heavy atom. The number of rotatable bonds is 3. The first kappa shape index (κ1) is 28.9.